The minimum Gasteiger partial charge on any atom is -0.508 e. The van der Waals surface area contributed by atoms with Crippen molar-refractivity contribution in [2.75, 3.05) is 7.05 Å². The molecule has 7 aliphatic rings. The highest BCUT2D eigenvalue weighted by atomic mass is 35.5. The molecular weight excluding hydrogens is 1450 g/mol. The molecule has 7 aromatic carbocycles. The van der Waals surface area contributed by atoms with E-state index in [0.717, 1.165) is 91.0 Å². The van der Waals surface area contributed by atoms with E-state index in [0.29, 0.717) is 0 Å². The van der Waals surface area contributed by atoms with Crippen LogP contribution in [0, 0.1) is 0 Å². The number of carboxylic acids is 2. The average Bonchev–Trinajstić information content (AvgIpc) is 0.767. The van der Waals surface area contributed by atoms with Gasteiger partial charge in [0.05, 0.1) is 20.1 Å². The van der Waals surface area contributed by atoms with E-state index < -0.39 is 255 Å². The predicted octanol–water partition coefficient (Wildman–Crippen LogP) is 3.36. The average molecular weight is 1500 g/mol. The van der Waals surface area contributed by atoms with Crippen molar-refractivity contribution in [3.63, 3.8) is 0 Å². The Morgan fingerprint density at radius 3 is 1.76 bits per heavy atom. The van der Waals surface area contributed by atoms with E-state index >= 15 is 19.2 Å². The van der Waals surface area contributed by atoms with Crippen molar-refractivity contribution in [2.24, 2.45) is 0 Å². The fourth-order valence-electron chi connectivity index (χ4n) is 12.3. The van der Waals surface area contributed by atoms with Gasteiger partial charge in [-0.25, -0.2) is 9.59 Å². The molecular formula is C66H54Cl4N8O25. The van der Waals surface area contributed by atoms with E-state index in [1.807, 2.05) is 0 Å². The van der Waals surface area contributed by atoms with Crippen LogP contribution in [-0.4, -0.2) is 160 Å². The summed E-state index contributed by atoms with van der Waals surface area (Å²) in [5.74, 6) is -20.5. The highest BCUT2D eigenvalue weighted by molar-refractivity contribution is 6.37. The number of likely N-dealkylation sites (N-methyl/N-ethyl adjacent to an activating group) is 1. The van der Waals surface area contributed by atoms with Crippen molar-refractivity contribution in [1.29, 1.82) is 0 Å². The number of phenols is 5. The lowest BCUT2D eigenvalue weighted by Crippen LogP contribution is -2.65. The number of aliphatic hydroxyl groups is 4. The van der Waals surface area contributed by atoms with Crippen molar-refractivity contribution >= 4 is 100 Å². The number of aliphatic hydroxyl groups excluding tert-OH is 4. The number of aromatic hydroxyl groups is 5. The number of carbonyl (C=O) groups excluding carboxylic acids is 7. The van der Waals surface area contributed by atoms with Crippen molar-refractivity contribution in [3.8, 4) is 80.1 Å². The smallest absolute Gasteiger partial charge is 0.335 e. The van der Waals surface area contributed by atoms with Gasteiger partial charge in [0.25, 0.3) is 0 Å². The van der Waals surface area contributed by atoms with Gasteiger partial charge in [0, 0.05) is 34.4 Å². The third-order valence-electron chi connectivity index (χ3n) is 17.3. The molecule has 37 heteroatoms. The zero-order chi connectivity index (χ0) is 74.1. The SMILES string of the molecule is CNC1C(=O)NC2C(=O)NC(C(=O)NC3C(=O)NC4C(=O)NC(C(=O)NC(C(=O)O)c5cc(O)cc(O)c5-c5cc4ccc5O)C(O)c4cc(Cl)c(c(Cl)c4)Oc4cc3cc(c4OC3O[C@H](C(=O)O)[C@@H](O)[C@H](O)[C@H]3NC=O)Oc3ccc(cc3Cl)C2O)c2cc(cc(O)c2Cl)Oc2cc1ccc2O. The summed E-state index contributed by atoms with van der Waals surface area (Å²) in [5.41, 5.74) is -3.98. The van der Waals surface area contributed by atoms with Crippen LogP contribution < -0.4 is 61.5 Å². The number of carboxylic acid groups (broad SMARTS) is 2. The summed E-state index contributed by atoms with van der Waals surface area (Å²) in [7, 11) is 1.35. The molecule has 0 radical (unpaired) electrons. The topological polar surface area (TPSA) is 519 Å². The first kappa shape index (κ1) is 71.7. The van der Waals surface area contributed by atoms with Gasteiger partial charge in [-0.2, -0.15) is 0 Å². The summed E-state index contributed by atoms with van der Waals surface area (Å²) in [6, 6.07) is -0.481. The van der Waals surface area contributed by atoms with Gasteiger partial charge in [-0.15, -0.1) is 0 Å². The molecule has 1 fully saturated rings. The van der Waals surface area contributed by atoms with Gasteiger partial charge in [-0.05, 0) is 108 Å². The summed E-state index contributed by atoms with van der Waals surface area (Å²) in [5, 5.41) is 142. The Morgan fingerprint density at radius 1 is 0.515 bits per heavy atom. The largest absolute Gasteiger partial charge is 0.508 e. The third kappa shape index (κ3) is 13.7. The second-order valence-electron chi connectivity index (χ2n) is 23.8. The van der Waals surface area contributed by atoms with E-state index in [4.69, 9.17) is 70.1 Å². The van der Waals surface area contributed by atoms with E-state index in [1.54, 1.807) is 0 Å². The highest BCUT2D eigenvalue weighted by Crippen LogP contribution is 2.51. The minimum atomic E-state index is -2.50. The molecule has 14 rings (SSSR count). The fraction of sp³-hybridized carbons (Fsp3) is 0.227. The van der Waals surface area contributed by atoms with Crippen molar-refractivity contribution in [1.82, 2.24) is 42.5 Å². The Labute approximate surface area is 597 Å². The normalized spacial score (nSPS) is 25.4. The fourth-order valence-corrected chi connectivity index (χ4v) is 13.3. The number of fused-ring (bicyclic) bond motifs is 14. The molecule has 19 N–H and O–H groups in total. The van der Waals surface area contributed by atoms with Crippen molar-refractivity contribution in [2.45, 2.75) is 85.1 Å². The molecule has 0 saturated carbocycles. The number of ether oxygens (including phenoxy) is 5. The van der Waals surface area contributed by atoms with Crippen LogP contribution in [0.1, 0.15) is 81.4 Å². The maximum Gasteiger partial charge on any atom is 0.335 e. The molecule has 0 aliphatic carbocycles. The van der Waals surface area contributed by atoms with Crippen molar-refractivity contribution < 1.29 is 123 Å². The van der Waals surface area contributed by atoms with Gasteiger partial charge < -0.3 is 122 Å². The van der Waals surface area contributed by atoms with Crippen LogP contribution in [0.15, 0.2) is 103 Å². The molecule has 14 atom stereocenters. The van der Waals surface area contributed by atoms with Gasteiger partial charge in [-0.1, -0.05) is 64.6 Å². The van der Waals surface area contributed by atoms with Crippen LogP contribution in [0.3, 0.4) is 0 Å². The number of hydrogen-bond acceptors (Lipinski definition) is 24. The summed E-state index contributed by atoms with van der Waals surface area (Å²) in [4.78, 5) is 131. The summed E-state index contributed by atoms with van der Waals surface area (Å²) >= 11 is 27.9. The first-order valence-electron chi connectivity index (χ1n) is 30.4. The molecule has 0 aromatic heterocycles. The summed E-state index contributed by atoms with van der Waals surface area (Å²) in [6.45, 7) is 0. The summed E-state index contributed by atoms with van der Waals surface area (Å²) < 4.78 is 31.1. The Bertz CT molecular complexity index is 4720. The van der Waals surface area contributed by atoms with Crippen LogP contribution >= 0.6 is 46.4 Å². The predicted molar refractivity (Wildman–Crippen MR) is 351 cm³/mol. The highest BCUT2D eigenvalue weighted by Gasteiger charge is 2.50. The Hall–Kier alpha value is -11.1. The van der Waals surface area contributed by atoms with Crippen LogP contribution in [0.25, 0.3) is 11.1 Å². The Kier molecular flexibility index (Phi) is 19.8. The molecule has 7 aromatic rings. The minimum absolute atomic E-state index is 0.0197. The van der Waals surface area contributed by atoms with Crippen molar-refractivity contribution in [3.05, 3.63) is 162 Å². The number of phenolic OH excluding ortho intramolecular Hbond substituents is 5. The number of amides is 7. The molecule has 0 spiro atoms. The van der Waals surface area contributed by atoms with Gasteiger partial charge in [0.15, 0.2) is 40.9 Å². The van der Waals surface area contributed by atoms with Gasteiger partial charge in [0.2, 0.25) is 53.9 Å². The second-order valence-corrected chi connectivity index (χ2v) is 25.4. The molecule has 103 heavy (non-hydrogen) atoms. The number of carbonyl (C=O) groups is 9. The lowest BCUT2D eigenvalue weighted by atomic mass is 9.89. The maximum absolute atomic E-state index is 16.3. The number of rotatable bonds is 7. The molecule has 536 valence electrons. The Balaban J connectivity index is 1.16. The zero-order valence-electron chi connectivity index (χ0n) is 52.1. The number of halogens is 4. The maximum atomic E-state index is 16.3. The molecule has 7 amide bonds. The number of benzene rings is 7. The molecule has 10 unspecified atom stereocenters. The summed E-state index contributed by atoms with van der Waals surface area (Å²) in [6.07, 6.45) is -13.7. The van der Waals surface area contributed by atoms with Crippen LogP contribution in [0.4, 0.5) is 0 Å². The quantitative estimate of drug-likeness (QED) is 0.102. The second kappa shape index (κ2) is 28.4. The first-order chi connectivity index (χ1) is 48.9. The molecule has 7 aliphatic heterocycles. The monoisotopic (exact) mass is 1500 g/mol. The third-order valence-corrected chi connectivity index (χ3v) is 18.6. The molecule has 33 nitrogen and oxygen atoms in total. The number of aliphatic carboxylic acids is 2. The number of nitrogens with one attached hydrogen (secondary N) is 8. The van der Waals surface area contributed by atoms with Crippen LogP contribution in [0.2, 0.25) is 20.1 Å². The number of hydrogen-bond donors (Lipinski definition) is 19. The van der Waals surface area contributed by atoms with Crippen LogP contribution in [-0.2, 0) is 47.9 Å². The molecule has 7 heterocycles. The van der Waals surface area contributed by atoms with Gasteiger partial charge in [0.1, 0.15) is 101 Å². The molecule has 1 saturated heterocycles. The van der Waals surface area contributed by atoms with E-state index in [1.165, 1.54) is 19.2 Å². The van der Waals surface area contributed by atoms with Crippen LogP contribution in [0.5, 0.6) is 69.0 Å². The van der Waals surface area contributed by atoms with E-state index in [2.05, 4.69) is 42.5 Å². The van der Waals surface area contributed by atoms with E-state index in [-0.39, 0.29) is 23.3 Å². The Morgan fingerprint density at radius 2 is 1.10 bits per heavy atom. The van der Waals surface area contributed by atoms with Gasteiger partial charge in [-0.3, -0.25) is 33.6 Å². The lowest BCUT2D eigenvalue weighted by Gasteiger charge is -2.40. The molecule has 17 bridgehead atoms. The zero-order valence-corrected chi connectivity index (χ0v) is 55.1. The van der Waals surface area contributed by atoms with Gasteiger partial charge >= 0.3 is 11.9 Å². The first-order valence-corrected chi connectivity index (χ1v) is 31.9. The lowest BCUT2D eigenvalue weighted by molar-refractivity contribution is -0.240. The standard InChI is InChI=1S/C66H54Cl4N8O25/c1-71-43-21-3-6-34(82)38(12-21)99-26-17-29(42(70)36(84)18-26)46-61(92)74-45-23-13-39(100-37-7-4-22(9-30(37)67)51(85)48(62(93)75-46)77-58(43)89)56(102-66-50(72-19-79)53(87)54(88)57(103-66)65(97)98)40(14-23)101-55-31(68)10-24(11-32(55)69)52(86)49-63(94)76-47(64(95)96)28-15-25(80)16-35(83)41(28)27-8-20(2-5-33(27)81)44(59(90)78-49)73-60(45)91/h2-19,43-54,57,66,71,80-88H,1H3,(H,72,79)(H,73,91)(H,74,92)(H,75,93)(H,76,94)(H,77,89)(H,78,90)(H,95,96)(H,97,98)/t43?,44?,45?,46?,47?,48?,49?,50-,51?,52?,53-,54+,57+,66?/m1/s1. The van der Waals surface area contributed by atoms with E-state index in [9.17, 15) is 80.1 Å².